The molecular formula is C30H37N5O5. The van der Waals surface area contributed by atoms with Crippen molar-refractivity contribution in [3.63, 3.8) is 0 Å². The molecule has 1 aliphatic rings. The van der Waals surface area contributed by atoms with Crippen LogP contribution in [0.2, 0.25) is 0 Å². The largest absolute Gasteiger partial charge is 0.448 e. The van der Waals surface area contributed by atoms with Crippen LogP contribution < -0.4 is 10.8 Å². The quantitative estimate of drug-likeness (QED) is 0.106. The summed E-state index contributed by atoms with van der Waals surface area (Å²) in [7, 11) is 0. The van der Waals surface area contributed by atoms with Gasteiger partial charge in [0.15, 0.2) is 0 Å². The van der Waals surface area contributed by atoms with Gasteiger partial charge in [0.2, 0.25) is 5.91 Å². The van der Waals surface area contributed by atoms with Crippen molar-refractivity contribution in [1.82, 2.24) is 25.6 Å². The molecule has 10 nitrogen and oxygen atoms in total. The van der Waals surface area contributed by atoms with Crippen molar-refractivity contribution in [2.24, 2.45) is 0 Å². The van der Waals surface area contributed by atoms with Gasteiger partial charge in [-0.15, -0.1) is 0 Å². The molecule has 2 aromatic carbocycles. The van der Waals surface area contributed by atoms with Crippen LogP contribution >= 0.6 is 0 Å². The van der Waals surface area contributed by atoms with Gasteiger partial charge < -0.3 is 19.9 Å². The fourth-order valence-corrected chi connectivity index (χ4v) is 4.81. The highest BCUT2D eigenvalue weighted by atomic mass is 16.5. The number of likely N-dealkylation sites (tertiary alicyclic amines) is 1. The lowest BCUT2D eigenvalue weighted by Gasteiger charge is -2.22. The summed E-state index contributed by atoms with van der Waals surface area (Å²) < 4.78 is 5.45. The molecule has 1 aromatic heterocycles. The summed E-state index contributed by atoms with van der Waals surface area (Å²) in [4.78, 5) is 42.6. The number of carbonyl (C=O) groups excluding carboxylic acids is 3. The van der Waals surface area contributed by atoms with Crippen molar-refractivity contribution in [2.75, 3.05) is 39.3 Å². The van der Waals surface area contributed by atoms with Crippen LogP contribution in [0.15, 0.2) is 60.8 Å². The average Bonchev–Trinajstić information content (AvgIpc) is 3.58. The predicted molar refractivity (Wildman–Crippen MR) is 152 cm³/mol. The Labute approximate surface area is 233 Å². The normalized spacial score (nSPS) is 13.4. The Hall–Kier alpha value is -4.15. The van der Waals surface area contributed by atoms with Gasteiger partial charge in [0.05, 0.1) is 0 Å². The minimum Gasteiger partial charge on any atom is -0.448 e. The number of aromatic nitrogens is 1. The van der Waals surface area contributed by atoms with Crippen molar-refractivity contribution in [3.8, 4) is 0 Å². The average molecular weight is 548 g/mol. The lowest BCUT2D eigenvalue weighted by atomic mass is 10.1. The molecule has 0 unspecified atom stereocenters. The first-order valence-electron chi connectivity index (χ1n) is 13.7. The Bertz CT molecular complexity index is 1300. The lowest BCUT2D eigenvalue weighted by Crippen LogP contribution is -2.33. The van der Waals surface area contributed by atoms with Crippen molar-refractivity contribution in [2.45, 2.75) is 32.2 Å². The van der Waals surface area contributed by atoms with Gasteiger partial charge in [-0.1, -0.05) is 42.5 Å². The first-order chi connectivity index (χ1) is 19.5. The van der Waals surface area contributed by atoms with Gasteiger partial charge in [-0.05, 0) is 48.1 Å². The van der Waals surface area contributed by atoms with Gasteiger partial charge in [0, 0.05) is 68.9 Å². The van der Waals surface area contributed by atoms with E-state index in [-0.39, 0.29) is 12.5 Å². The van der Waals surface area contributed by atoms with Crippen molar-refractivity contribution >= 4 is 34.9 Å². The standard InChI is InChI=1S/C30H37N5O5/c36-28(33-39)13-12-23-8-10-24(11-9-23)22-34(18-14-25-21-32-27-6-2-1-5-26(25)27)19-20-40-30(38)31-15-4-17-35-16-3-7-29(35)37/h1-2,5-6,8-13,21,32,39H,3-4,7,14-20,22H2,(H,31,38)(H,33,36). The Morgan fingerprint density at radius 3 is 2.73 bits per heavy atom. The van der Waals surface area contributed by atoms with E-state index >= 15 is 0 Å². The number of benzene rings is 2. The number of H-pyrrole nitrogens is 1. The van der Waals surface area contributed by atoms with E-state index in [2.05, 4.69) is 27.3 Å². The van der Waals surface area contributed by atoms with Crippen molar-refractivity contribution < 1.29 is 24.3 Å². The minimum absolute atomic E-state index is 0.190. The third-order valence-corrected chi connectivity index (χ3v) is 6.98. The molecule has 1 saturated heterocycles. The number of hydrogen-bond donors (Lipinski definition) is 4. The number of amides is 3. The molecule has 40 heavy (non-hydrogen) atoms. The third-order valence-electron chi connectivity index (χ3n) is 6.98. The van der Waals surface area contributed by atoms with Crippen LogP contribution in [0.25, 0.3) is 17.0 Å². The van der Waals surface area contributed by atoms with Crippen LogP contribution in [0.3, 0.4) is 0 Å². The Morgan fingerprint density at radius 1 is 1.12 bits per heavy atom. The molecule has 4 rings (SSSR count). The Morgan fingerprint density at radius 2 is 1.95 bits per heavy atom. The number of nitrogens with one attached hydrogen (secondary N) is 3. The number of aromatic amines is 1. The third kappa shape index (κ3) is 8.69. The van der Waals surface area contributed by atoms with Crippen molar-refractivity contribution in [3.05, 3.63) is 77.5 Å². The fourth-order valence-electron chi connectivity index (χ4n) is 4.81. The number of hydrogen-bond acceptors (Lipinski definition) is 6. The highest BCUT2D eigenvalue weighted by Gasteiger charge is 2.19. The van der Waals surface area contributed by atoms with Crippen LogP contribution in [0.1, 0.15) is 36.0 Å². The molecule has 0 spiro atoms. The molecule has 2 heterocycles. The van der Waals surface area contributed by atoms with E-state index in [4.69, 9.17) is 9.94 Å². The van der Waals surface area contributed by atoms with Crippen LogP contribution in [-0.4, -0.2) is 77.2 Å². The smallest absolute Gasteiger partial charge is 0.407 e. The topological polar surface area (TPSA) is 127 Å². The molecule has 1 aliphatic heterocycles. The summed E-state index contributed by atoms with van der Waals surface area (Å²) >= 11 is 0. The molecule has 3 aromatic rings. The molecule has 4 N–H and O–H groups in total. The maximum absolute atomic E-state index is 12.2. The fraction of sp³-hybridized carbons (Fsp3) is 0.367. The molecule has 0 radical (unpaired) electrons. The summed E-state index contributed by atoms with van der Waals surface area (Å²) in [5.74, 6) is -0.395. The zero-order valence-electron chi connectivity index (χ0n) is 22.6. The number of rotatable bonds is 14. The van der Waals surface area contributed by atoms with Gasteiger partial charge in [0.1, 0.15) is 6.61 Å². The van der Waals surface area contributed by atoms with Crippen LogP contribution in [0.5, 0.6) is 0 Å². The second kappa shape index (κ2) is 14.9. The molecule has 0 saturated carbocycles. The monoisotopic (exact) mass is 547 g/mol. The molecule has 0 aliphatic carbocycles. The highest BCUT2D eigenvalue weighted by Crippen LogP contribution is 2.19. The molecular weight excluding hydrogens is 510 g/mol. The van der Waals surface area contributed by atoms with Crippen LogP contribution in [-0.2, 0) is 27.3 Å². The maximum atomic E-state index is 12.2. The molecule has 0 atom stereocenters. The maximum Gasteiger partial charge on any atom is 0.407 e. The second-order valence-corrected chi connectivity index (χ2v) is 9.84. The summed E-state index contributed by atoms with van der Waals surface area (Å²) in [6, 6.07) is 16.0. The number of carbonyl (C=O) groups is 3. The molecule has 10 heteroatoms. The first kappa shape index (κ1) is 28.8. The Balaban J connectivity index is 1.28. The number of fused-ring (bicyclic) bond motifs is 1. The van der Waals surface area contributed by atoms with Gasteiger partial charge in [-0.25, -0.2) is 10.3 Å². The van der Waals surface area contributed by atoms with Crippen LogP contribution in [0.4, 0.5) is 4.79 Å². The van der Waals surface area contributed by atoms with E-state index in [0.717, 1.165) is 42.6 Å². The molecule has 0 bridgehead atoms. The van der Waals surface area contributed by atoms with Gasteiger partial charge in [0.25, 0.3) is 5.91 Å². The number of alkyl carbamates (subject to hydrolysis) is 1. The van der Waals surface area contributed by atoms with Gasteiger partial charge in [-0.2, -0.15) is 0 Å². The zero-order valence-corrected chi connectivity index (χ0v) is 22.6. The van der Waals surface area contributed by atoms with E-state index in [0.29, 0.717) is 39.0 Å². The summed E-state index contributed by atoms with van der Waals surface area (Å²) in [6.07, 6.45) is 7.55. The lowest BCUT2D eigenvalue weighted by molar-refractivity contribution is -0.127. The second-order valence-electron chi connectivity index (χ2n) is 9.84. The zero-order chi connectivity index (χ0) is 28.2. The molecule has 1 fully saturated rings. The number of ether oxygens (including phenoxy) is 1. The van der Waals surface area contributed by atoms with E-state index in [1.165, 1.54) is 17.0 Å². The SMILES string of the molecule is O=C(C=Cc1ccc(CN(CCOC(=O)NCCCN2CCCC2=O)CCc2c[nH]c3ccccc23)cc1)NO. The van der Waals surface area contributed by atoms with E-state index in [1.807, 2.05) is 47.5 Å². The summed E-state index contributed by atoms with van der Waals surface area (Å²) in [5.41, 5.74) is 5.84. The number of para-hydroxylation sites is 1. The van der Waals surface area contributed by atoms with E-state index in [1.54, 1.807) is 11.6 Å². The molecule has 3 amide bonds. The highest BCUT2D eigenvalue weighted by molar-refractivity contribution is 5.90. The summed E-state index contributed by atoms with van der Waals surface area (Å²) in [6.45, 7) is 4.18. The number of nitrogens with zero attached hydrogens (tertiary/aromatic N) is 2. The number of hydroxylamine groups is 1. The van der Waals surface area contributed by atoms with Crippen molar-refractivity contribution in [1.29, 1.82) is 0 Å². The predicted octanol–water partition coefficient (Wildman–Crippen LogP) is 3.47. The van der Waals surface area contributed by atoms with Crippen LogP contribution in [0, 0.1) is 0 Å². The Kier molecular flexibility index (Phi) is 10.7. The minimum atomic E-state index is -0.585. The first-order valence-corrected chi connectivity index (χ1v) is 13.7. The van der Waals surface area contributed by atoms with Gasteiger partial charge >= 0.3 is 6.09 Å². The summed E-state index contributed by atoms with van der Waals surface area (Å²) in [5, 5.41) is 12.6. The van der Waals surface area contributed by atoms with Gasteiger partial charge in [-0.3, -0.25) is 19.7 Å². The van der Waals surface area contributed by atoms with E-state index < -0.39 is 12.0 Å². The van der Waals surface area contributed by atoms with E-state index in [9.17, 15) is 14.4 Å². The molecule has 212 valence electrons.